The molecule has 0 atom stereocenters. The zero-order valence-corrected chi connectivity index (χ0v) is 39.4. The molecule has 0 radical (unpaired) electrons. The third kappa shape index (κ3) is 54.6. The van der Waals surface area contributed by atoms with Gasteiger partial charge in [0.25, 0.3) is 0 Å². The van der Waals surface area contributed by atoms with Crippen LogP contribution in [0.2, 0.25) is 0 Å². The maximum Gasteiger partial charge on any atom is 0.305 e. The first kappa shape index (κ1) is 59.6. The number of carbonyl (C=O) groups is 2. The van der Waals surface area contributed by atoms with E-state index in [1.165, 1.54) is 116 Å². The van der Waals surface area contributed by atoms with Gasteiger partial charge in [-0.25, -0.2) is 0 Å². The molecule has 0 aromatic carbocycles. The van der Waals surface area contributed by atoms with Crippen LogP contribution in [0.3, 0.4) is 0 Å². The lowest BCUT2D eigenvalue weighted by Crippen LogP contribution is -2.15. The Hall–Kier alpha value is -1.42. The number of unbranched alkanes of at least 4 members (excludes halogenated alkanes) is 20. The highest BCUT2D eigenvalue weighted by molar-refractivity contribution is 5.69. The number of hydrogen-bond acceptors (Lipinski definition) is 13. The Morgan fingerprint density at radius 3 is 0.590 bits per heavy atom. The summed E-state index contributed by atoms with van der Waals surface area (Å²) in [6.07, 6.45) is 28.9. The van der Waals surface area contributed by atoms with E-state index in [0.717, 1.165) is 25.7 Å². The van der Waals surface area contributed by atoms with Gasteiger partial charge in [0.1, 0.15) is 13.2 Å². The second-order valence-corrected chi connectivity index (χ2v) is 15.5. The molecule has 0 amide bonds. The lowest BCUT2D eigenvalue weighted by Gasteiger charge is -2.09. The van der Waals surface area contributed by atoms with Crippen LogP contribution in [-0.4, -0.2) is 144 Å². The van der Waals surface area contributed by atoms with Gasteiger partial charge in [-0.2, -0.15) is 0 Å². The molecule has 0 fully saturated rings. The van der Waals surface area contributed by atoms with E-state index < -0.39 is 0 Å². The van der Waals surface area contributed by atoms with Gasteiger partial charge < -0.3 is 52.1 Å². The molecule has 0 bridgehead atoms. The second-order valence-electron chi connectivity index (χ2n) is 15.5. The summed E-state index contributed by atoms with van der Waals surface area (Å²) < 4.78 is 60.0. The second kappa shape index (κ2) is 54.7. The minimum atomic E-state index is -0.138. The fourth-order valence-corrected chi connectivity index (χ4v) is 6.30. The van der Waals surface area contributed by atoms with Crippen molar-refractivity contribution in [2.45, 2.75) is 168 Å². The lowest BCUT2D eigenvalue weighted by atomic mass is 10.0. The molecule has 0 saturated carbocycles. The van der Waals surface area contributed by atoms with Crippen LogP contribution in [0.25, 0.3) is 0 Å². The van der Waals surface area contributed by atoms with Crippen LogP contribution >= 0.6 is 0 Å². The first-order valence-corrected chi connectivity index (χ1v) is 24.7. The van der Waals surface area contributed by atoms with Crippen LogP contribution in [0.5, 0.6) is 0 Å². The number of rotatable bonds is 54. The largest absolute Gasteiger partial charge is 0.463 e. The maximum absolute atomic E-state index is 11.9. The Labute approximate surface area is 372 Å². The van der Waals surface area contributed by atoms with E-state index in [0.29, 0.717) is 132 Å². The quantitative estimate of drug-likeness (QED) is 0.0424. The summed E-state index contributed by atoms with van der Waals surface area (Å²) >= 11 is 0. The third-order valence-electron chi connectivity index (χ3n) is 9.93. The van der Waals surface area contributed by atoms with Crippen molar-refractivity contribution in [2.24, 2.45) is 0 Å². The summed E-state index contributed by atoms with van der Waals surface area (Å²) in [6, 6.07) is 0. The summed E-state index contributed by atoms with van der Waals surface area (Å²) in [7, 11) is 0. The van der Waals surface area contributed by atoms with E-state index in [1.807, 2.05) is 0 Å². The number of ether oxygens (including phenoxy) is 11. The zero-order valence-electron chi connectivity index (χ0n) is 39.4. The molecule has 0 aliphatic carbocycles. The van der Waals surface area contributed by atoms with E-state index in [-0.39, 0.29) is 25.2 Å². The lowest BCUT2D eigenvalue weighted by molar-refractivity contribution is -0.146. The summed E-state index contributed by atoms with van der Waals surface area (Å²) in [5.41, 5.74) is 0. The number of esters is 2. The van der Waals surface area contributed by atoms with Gasteiger partial charge in [-0.1, -0.05) is 142 Å². The Balaban J connectivity index is 3.16. The minimum Gasteiger partial charge on any atom is -0.463 e. The average Bonchev–Trinajstić information content (AvgIpc) is 3.26. The van der Waals surface area contributed by atoms with Crippen molar-refractivity contribution in [1.29, 1.82) is 0 Å². The molecule has 0 saturated heterocycles. The van der Waals surface area contributed by atoms with E-state index in [4.69, 9.17) is 52.1 Å². The van der Waals surface area contributed by atoms with Crippen molar-refractivity contribution in [3.8, 4) is 0 Å². The van der Waals surface area contributed by atoms with Crippen LogP contribution in [0, 0.1) is 0 Å². The Morgan fingerprint density at radius 1 is 0.230 bits per heavy atom. The summed E-state index contributed by atoms with van der Waals surface area (Å²) in [6.45, 7) is 13.5. The van der Waals surface area contributed by atoms with Crippen molar-refractivity contribution >= 4 is 11.9 Å². The molecule has 364 valence electrons. The van der Waals surface area contributed by atoms with Gasteiger partial charge in [0, 0.05) is 12.8 Å². The van der Waals surface area contributed by atoms with Gasteiger partial charge in [0.15, 0.2) is 0 Å². The summed E-state index contributed by atoms with van der Waals surface area (Å²) in [5.74, 6) is -0.271. The monoisotopic (exact) mass is 879 g/mol. The standard InChI is InChI=1S/C48H94O13/c1-3-5-7-9-11-13-14-15-16-18-20-22-24-26-48(50)61-46-44-59-42-40-57-38-36-55-34-32-53-30-28-51-27-29-52-31-33-54-35-37-56-39-41-58-43-45-60-47(49)25-23-21-19-17-12-10-8-6-4-2/h3-46H2,1-2H3. The van der Waals surface area contributed by atoms with Gasteiger partial charge in [-0.3, -0.25) is 9.59 Å². The molecule has 0 aromatic rings. The van der Waals surface area contributed by atoms with Crippen LogP contribution < -0.4 is 0 Å². The smallest absolute Gasteiger partial charge is 0.305 e. The molecular formula is C48H94O13. The SMILES string of the molecule is CCCCCCCCCCCCCCCC(=O)OCCOCCOCCOCCOCCOCCOCCOCCOCCOCCOC(=O)CCCCCCCCCCC. The molecule has 0 unspecified atom stereocenters. The molecular weight excluding hydrogens is 785 g/mol. The molecule has 61 heavy (non-hydrogen) atoms. The molecule has 13 nitrogen and oxygen atoms in total. The van der Waals surface area contributed by atoms with Crippen molar-refractivity contribution in [3.05, 3.63) is 0 Å². The molecule has 0 spiro atoms. The van der Waals surface area contributed by atoms with E-state index in [2.05, 4.69) is 13.8 Å². The van der Waals surface area contributed by atoms with Gasteiger partial charge in [0.2, 0.25) is 0 Å². The van der Waals surface area contributed by atoms with Crippen LogP contribution in [-0.2, 0) is 61.7 Å². The van der Waals surface area contributed by atoms with Gasteiger partial charge in [-0.15, -0.1) is 0 Å². The fraction of sp³-hybridized carbons (Fsp3) is 0.958. The van der Waals surface area contributed by atoms with Crippen molar-refractivity contribution in [3.63, 3.8) is 0 Å². The first-order chi connectivity index (χ1) is 30.2. The predicted octanol–water partition coefficient (Wildman–Crippen LogP) is 9.62. The molecule has 0 aliphatic rings. The number of hydrogen-bond donors (Lipinski definition) is 0. The van der Waals surface area contributed by atoms with Crippen LogP contribution in [0.4, 0.5) is 0 Å². The molecule has 0 heterocycles. The molecule has 0 aliphatic heterocycles. The highest BCUT2D eigenvalue weighted by Crippen LogP contribution is 2.13. The van der Waals surface area contributed by atoms with Crippen LogP contribution in [0.15, 0.2) is 0 Å². The predicted molar refractivity (Wildman–Crippen MR) is 241 cm³/mol. The molecule has 0 N–H and O–H groups in total. The number of carbonyl (C=O) groups excluding carboxylic acids is 2. The van der Waals surface area contributed by atoms with Crippen molar-refractivity contribution in [2.75, 3.05) is 132 Å². The molecule has 0 rings (SSSR count). The normalized spacial score (nSPS) is 11.4. The summed E-state index contributed by atoms with van der Waals surface area (Å²) in [4.78, 5) is 23.7. The van der Waals surface area contributed by atoms with Crippen LogP contribution in [0.1, 0.15) is 168 Å². The maximum atomic E-state index is 11.9. The van der Waals surface area contributed by atoms with E-state index in [9.17, 15) is 9.59 Å². The fourth-order valence-electron chi connectivity index (χ4n) is 6.30. The van der Waals surface area contributed by atoms with Gasteiger partial charge >= 0.3 is 11.9 Å². The zero-order chi connectivity index (χ0) is 44.0. The third-order valence-corrected chi connectivity index (χ3v) is 9.93. The summed E-state index contributed by atoms with van der Waals surface area (Å²) in [5, 5.41) is 0. The average molecular weight is 879 g/mol. The topological polar surface area (TPSA) is 136 Å². The molecule has 0 aromatic heterocycles. The highest BCUT2D eigenvalue weighted by Gasteiger charge is 2.04. The Kier molecular flexibility index (Phi) is 53.4. The first-order valence-electron chi connectivity index (χ1n) is 24.7. The molecule has 13 heteroatoms. The van der Waals surface area contributed by atoms with Gasteiger partial charge in [0.05, 0.1) is 119 Å². The van der Waals surface area contributed by atoms with Crippen molar-refractivity contribution in [1.82, 2.24) is 0 Å². The Morgan fingerprint density at radius 2 is 0.393 bits per heavy atom. The van der Waals surface area contributed by atoms with Gasteiger partial charge in [-0.05, 0) is 12.8 Å². The Bertz CT molecular complexity index is 850. The van der Waals surface area contributed by atoms with Crippen molar-refractivity contribution < 1.29 is 61.7 Å². The minimum absolute atomic E-state index is 0.133. The van der Waals surface area contributed by atoms with E-state index >= 15 is 0 Å². The van der Waals surface area contributed by atoms with E-state index in [1.54, 1.807) is 0 Å². The highest BCUT2D eigenvalue weighted by atomic mass is 16.6.